The first-order valence-electron chi connectivity index (χ1n) is 7.17. The zero-order valence-corrected chi connectivity index (χ0v) is 12.2. The number of aromatic amines is 1. The Kier molecular flexibility index (Phi) is 2.92. The summed E-state index contributed by atoms with van der Waals surface area (Å²) in [5.41, 5.74) is 10.00. The van der Waals surface area contributed by atoms with E-state index in [4.69, 9.17) is 5.73 Å². The summed E-state index contributed by atoms with van der Waals surface area (Å²) < 4.78 is 1.48. The van der Waals surface area contributed by atoms with Crippen LogP contribution in [0.4, 0.5) is 5.69 Å². The van der Waals surface area contributed by atoms with Crippen LogP contribution in [0.3, 0.4) is 0 Å². The number of nitrogen functional groups attached to an aromatic ring is 1. The first kappa shape index (κ1) is 13.5. The molecule has 0 aliphatic rings. The fourth-order valence-electron chi connectivity index (χ4n) is 2.83. The zero-order chi connectivity index (χ0) is 16.0. The minimum absolute atomic E-state index is 0.0105. The molecule has 2 aromatic carbocycles. The molecule has 0 amide bonds. The van der Waals surface area contributed by atoms with Crippen molar-refractivity contribution in [3.63, 3.8) is 0 Å². The van der Waals surface area contributed by atoms with E-state index in [-0.39, 0.29) is 12.3 Å². The van der Waals surface area contributed by atoms with Gasteiger partial charge in [-0.1, -0.05) is 30.3 Å². The largest absolute Gasteiger partial charge is 0.396 e. The predicted molar refractivity (Wildman–Crippen MR) is 89.1 cm³/mol. The second-order valence-electron chi connectivity index (χ2n) is 5.42. The van der Waals surface area contributed by atoms with E-state index in [1.165, 1.54) is 4.40 Å². The van der Waals surface area contributed by atoms with Gasteiger partial charge in [-0.15, -0.1) is 0 Å². The minimum Gasteiger partial charge on any atom is -0.396 e. The molecule has 0 fully saturated rings. The van der Waals surface area contributed by atoms with Crippen molar-refractivity contribution in [2.24, 2.45) is 0 Å². The van der Waals surface area contributed by atoms with E-state index >= 15 is 0 Å². The SMILES string of the molecule is Nc1cc2ccc(-c3cccc(CO)c3)cc2n2c(=O)[nH]nc12. The van der Waals surface area contributed by atoms with Gasteiger partial charge in [0.2, 0.25) is 0 Å². The Morgan fingerprint density at radius 2 is 1.96 bits per heavy atom. The summed E-state index contributed by atoms with van der Waals surface area (Å²) >= 11 is 0. The molecule has 0 bridgehead atoms. The Balaban J connectivity index is 2.03. The lowest BCUT2D eigenvalue weighted by Crippen LogP contribution is -2.10. The fraction of sp³-hybridized carbons (Fsp3) is 0.0588. The highest BCUT2D eigenvalue weighted by Gasteiger charge is 2.10. The first-order valence-corrected chi connectivity index (χ1v) is 7.17. The smallest absolute Gasteiger partial charge is 0.348 e. The number of aliphatic hydroxyl groups excluding tert-OH is 1. The highest BCUT2D eigenvalue weighted by molar-refractivity contribution is 5.91. The van der Waals surface area contributed by atoms with Crippen molar-refractivity contribution < 1.29 is 5.11 Å². The fourth-order valence-corrected chi connectivity index (χ4v) is 2.83. The number of aliphatic hydroxyl groups is 1. The van der Waals surface area contributed by atoms with Crippen LogP contribution in [0.15, 0.2) is 53.3 Å². The van der Waals surface area contributed by atoms with Gasteiger partial charge in [0, 0.05) is 5.39 Å². The van der Waals surface area contributed by atoms with E-state index in [9.17, 15) is 9.90 Å². The van der Waals surface area contributed by atoms with Crippen LogP contribution in [0, 0.1) is 0 Å². The third-order valence-electron chi connectivity index (χ3n) is 3.96. The van der Waals surface area contributed by atoms with Gasteiger partial charge in [0.1, 0.15) is 0 Å². The van der Waals surface area contributed by atoms with Crippen molar-refractivity contribution >= 4 is 22.2 Å². The van der Waals surface area contributed by atoms with Crippen LogP contribution < -0.4 is 11.4 Å². The molecular weight excluding hydrogens is 292 g/mol. The normalized spacial score (nSPS) is 11.3. The van der Waals surface area contributed by atoms with E-state index in [2.05, 4.69) is 10.2 Å². The number of hydrogen-bond acceptors (Lipinski definition) is 4. The Morgan fingerprint density at radius 3 is 2.78 bits per heavy atom. The number of pyridine rings is 1. The lowest BCUT2D eigenvalue weighted by atomic mass is 10.0. The summed E-state index contributed by atoms with van der Waals surface area (Å²) in [6.07, 6.45) is 0. The number of benzene rings is 2. The van der Waals surface area contributed by atoms with Gasteiger partial charge in [0.15, 0.2) is 5.65 Å². The van der Waals surface area contributed by atoms with Gasteiger partial charge in [-0.2, -0.15) is 5.10 Å². The molecule has 6 nitrogen and oxygen atoms in total. The molecule has 0 radical (unpaired) electrons. The lowest BCUT2D eigenvalue weighted by molar-refractivity contribution is 0.282. The molecule has 0 aliphatic heterocycles. The van der Waals surface area contributed by atoms with E-state index in [0.29, 0.717) is 11.3 Å². The number of H-pyrrole nitrogens is 1. The summed E-state index contributed by atoms with van der Waals surface area (Å²) in [5, 5.41) is 16.5. The van der Waals surface area contributed by atoms with Crippen molar-refractivity contribution in [1.82, 2.24) is 14.6 Å². The quantitative estimate of drug-likeness (QED) is 0.527. The van der Waals surface area contributed by atoms with E-state index in [1.807, 2.05) is 42.5 Å². The highest BCUT2D eigenvalue weighted by Crippen LogP contribution is 2.27. The molecule has 4 aromatic rings. The minimum atomic E-state index is -0.321. The number of fused-ring (bicyclic) bond motifs is 3. The highest BCUT2D eigenvalue weighted by atomic mass is 16.3. The van der Waals surface area contributed by atoms with E-state index in [1.54, 1.807) is 6.07 Å². The maximum Gasteiger partial charge on any atom is 0.348 e. The number of hydrogen-bond donors (Lipinski definition) is 3. The molecule has 6 heteroatoms. The van der Waals surface area contributed by atoms with Crippen molar-refractivity contribution in [3.8, 4) is 11.1 Å². The molecular formula is C17H14N4O2. The van der Waals surface area contributed by atoms with Crippen molar-refractivity contribution in [2.75, 3.05) is 5.73 Å². The van der Waals surface area contributed by atoms with Crippen LogP contribution in [-0.4, -0.2) is 19.7 Å². The number of anilines is 1. The van der Waals surface area contributed by atoms with Crippen LogP contribution in [0.1, 0.15) is 5.56 Å². The average molecular weight is 306 g/mol. The van der Waals surface area contributed by atoms with Gasteiger partial charge in [-0.05, 0) is 34.9 Å². The van der Waals surface area contributed by atoms with Crippen molar-refractivity contribution in [2.45, 2.75) is 6.61 Å². The Labute approximate surface area is 130 Å². The standard InChI is InChI=1S/C17H14N4O2/c18-14-7-13-5-4-12(11-3-1-2-10(6-11)9-22)8-15(13)21-16(14)19-20-17(21)23/h1-8,22H,9,18H2,(H,20,23). The molecule has 0 saturated carbocycles. The Morgan fingerprint density at radius 1 is 1.13 bits per heavy atom. The van der Waals surface area contributed by atoms with Crippen molar-refractivity contribution in [3.05, 3.63) is 64.6 Å². The average Bonchev–Trinajstić information content (AvgIpc) is 2.98. The Bertz CT molecular complexity index is 1090. The monoisotopic (exact) mass is 306 g/mol. The third kappa shape index (κ3) is 2.08. The topological polar surface area (TPSA) is 96.4 Å². The molecule has 2 heterocycles. The summed E-state index contributed by atoms with van der Waals surface area (Å²) in [5.74, 6) is 0. The van der Waals surface area contributed by atoms with Crippen LogP contribution in [0.2, 0.25) is 0 Å². The van der Waals surface area contributed by atoms with Gasteiger partial charge in [-0.3, -0.25) is 0 Å². The number of rotatable bonds is 2. The molecule has 2 aromatic heterocycles. The molecule has 0 aliphatic carbocycles. The van der Waals surface area contributed by atoms with Gasteiger partial charge >= 0.3 is 5.69 Å². The lowest BCUT2D eigenvalue weighted by Gasteiger charge is -2.08. The molecule has 0 atom stereocenters. The van der Waals surface area contributed by atoms with Crippen molar-refractivity contribution in [1.29, 1.82) is 0 Å². The molecule has 114 valence electrons. The molecule has 0 unspecified atom stereocenters. The summed E-state index contributed by atoms with van der Waals surface area (Å²) in [4.78, 5) is 12.0. The van der Waals surface area contributed by atoms with Crippen LogP contribution in [0.25, 0.3) is 27.7 Å². The van der Waals surface area contributed by atoms with E-state index < -0.39 is 0 Å². The van der Waals surface area contributed by atoms with Crippen LogP contribution >= 0.6 is 0 Å². The summed E-state index contributed by atoms with van der Waals surface area (Å²) in [6.45, 7) is -0.0105. The van der Waals surface area contributed by atoms with Gasteiger partial charge < -0.3 is 10.8 Å². The second kappa shape index (κ2) is 4.96. The van der Waals surface area contributed by atoms with Gasteiger partial charge in [0.25, 0.3) is 0 Å². The summed E-state index contributed by atoms with van der Waals surface area (Å²) in [7, 11) is 0. The number of nitrogens with one attached hydrogen (secondary N) is 1. The second-order valence-corrected chi connectivity index (χ2v) is 5.42. The molecule has 23 heavy (non-hydrogen) atoms. The molecule has 0 saturated heterocycles. The van der Waals surface area contributed by atoms with Crippen LogP contribution in [-0.2, 0) is 6.61 Å². The zero-order valence-electron chi connectivity index (χ0n) is 12.2. The number of aromatic nitrogens is 3. The Hall–Kier alpha value is -3.12. The summed E-state index contributed by atoms with van der Waals surface area (Å²) in [6, 6.07) is 15.3. The van der Waals surface area contributed by atoms with Gasteiger partial charge in [-0.25, -0.2) is 14.3 Å². The van der Waals surface area contributed by atoms with Crippen LogP contribution in [0.5, 0.6) is 0 Å². The van der Waals surface area contributed by atoms with E-state index in [0.717, 1.165) is 27.6 Å². The maximum atomic E-state index is 12.0. The molecule has 4 rings (SSSR count). The number of nitrogens with zero attached hydrogens (tertiary/aromatic N) is 2. The third-order valence-corrected chi connectivity index (χ3v) is 3.96. The number of nitrogens with two attached hydrogens (primary N) is 1. The molecule has 4 N–H and O–H groups in total. The molecule has 0 spiro atoms. The predicted octanol–water partition coefficient (Wildman–Crippen LogP) is 1.92. The first-order chi connectivity index (χ1) is 11.2. The maximum absolute atomic E-state index is 12.0. The van der Waals surface area contributed by atoms with Gasteiger partial charge in [0.05, 0.1) is 17.8 Å².